The minimum atomic E-state index is -4.48. The third-order valence-corrected chi connectivity index (χ3v) is 2.85. The van der Waals surface area contributed by atoms with E-state index in [2.05, 4.69) is 10.1 Å². The van der Waals surface area contributed by atoms with Gasteiger partial charge in [-0.15, -0.1) is 0 Å². The number of anilines is 1. The summed E-state index contributed by atoms with van der Waals surface area (Å²) in [4.78, 5) is 3.92. The van der Waals surface area contributed by atoms with Crippen LogP contribution in [0, 0.1) is 0 Å². The molecule has 2 aromatic heterocycles. The fourth-order valence-electron chi connectivity index (χ4n) is 1.96. The Kier molecular flexibility index (Phi) is 2.63. The van der Waals surface area contributed by atoms with Gasteiger partial charge >= 0.3 is 6.18 Å². The third kappa shape index (κ3) is 2.07. The minimum absolute atomic E-state index is 0.0403. The Labute approximate surface area is 111 Å². The second-order valence-corrected chi connectivity index (χ2v) is 4.25. The predicted molar refractivity (Wildman–Crippen MR) is 68.3 cm³/mol. The Hall–Kier alpha value is -2.57. The number of halogens is 3. The summed E-state index contributed by atoms with van der Waals surface area (Å²) in [6.45, 7) is 0. The molecular formula is C13H9F3N4. The van der Waals surface area contributed by atoms with Crippen LogP contribution in [0.3, 0.4) is 0 Å². The molecule has 0 aliphatic heterocycles. The van der Waals surface area contributed by atoms with E-state index in [1.807, 2.05) is 12.1 Å². The van der Waals surface area contributed by atoms with Crippen molar-refractivity contribution in [2.75, 3.05) is 5.73 Å². The molecular weight excluding hydrogens is 269 g/mol. The zero-order valence-corrected chi connectivity index (χ0v) is 10.1. The number of nitrogens with two attached hydrogens (primary N) is 1. The summed E-state index contributed by atoms with van der Waals surface area (Å²) < 4.78 is 39.7. The first-order chi connectivity index (χ1) is 9.45. The molecule has 0 amide bonds. The topological polar surface area (TPSA) is 56.7 Å². The summed E-state index contributed by atoms with van der Waals surface area (Å²) >= 11 is 0. The molecule has 2 heterocycles. The lowest BCUT2D eigenvalue weighted by atomic mass is 10.2. The molecule has 0 aliphatic carbocycles. The molecule has 1 aromatic carbocycles. The standard InChI is InChI=1S/C13H9F3N4/c14-13(15,16)9-5-11(17)19-12(6-9)20-10-4-2-1-3-8(10)7-18-20/h1-7H,(H2,17,19). The van der Waals surface area contributed by atoms with E-state index in [9.17, 15) is 13.2 Å². The van der Waals surface area contributed by atoms with Gasteiger partial charge in [0.15, 0.2) is 5.82 Å². The summed E-state index contributed by atoms with van der Waals surface area (Å²) in [5.41, 5.74) is 5.27. The molecule has 20 heavy (non-hydrogen) atoms. The highest BCUT2D eigenvalue weighted by molar-refractivity contribution is 5.79. The van der Waals surface area contributed by atoms with Gasteiger partial charge in [-0.25, -0.2) is 9.67 Å². The van der Waals surface area contributed by atoms with Crippen LogP contribution in [0.5, 0.6) is 0 Å². The minimum Gasteiger partial charge on any atom is -0.384 e. The van der Waals surface area contributed by atoms with Gasteiger partial charge in [0.1, 0.15) is 5.82 Å². The van der Waals surface area contributed by atoms with Crippen molar-refractivity contribution in [3.8, 4) is 5.82 Å². The summed E-state index contributed by atoms with van der Waals surface area (Å²) in [5.74, 6) is -0.159. The van der Waals surface area contributed by atoms with Gasteiger partial charge < -0.3 is 5.73 Å². The van der Waals surface area contributed by atoms with Crippen molar-refractivity contribution in [2.45, 2.75) is 6.18 Å². The second kappa shape index (κ2) is 4.22. The van der Waals surface area contributed by atoms with E-state index in [1.54, 1.807) is 18.3 Å². The number of alkyl halides is 3. The average Bonchev–Trinajstić information content (AvgIpc) is 2.80. The molecule has 0 unspecified atom stereocenters. The van der Waals surface area contributed by atoms with E-state index in [4.69, 9.17) is 5.73 Å². The van der Waals surface area contributed by atoms with Crippen LogP contribution in [-0.4, -0.2) is 14.8 Å². The Balaban J connectivity index is 2.22. The normalized spacial score (nSPS) is 11.9. The molecule has 7 heteroatoms. The Morgan fingerprint density at radius 3 is 2.60 bits per heavy atom. The van der Waals surface area contributed by atoms with Crippen molar-refractivity contribution >= 4 is 16.7 Å². The van der Waals surface area contributed by atoms with Gasteiger partial charge in [-0.1, -0.05) is 18.2 Å². The maximum Gasteiger partial charge on any atom is 0.416 e. The van der Waals surface area contributed by atoms with Gasteiger partial charge in [-0.3, -0.25) is 0 Å². The molecule has 4 nitrogen and oxygen atoms in total. The first-order valence-electron chi connectivity index (χ1n) is 5.73. The molecule has 0 atom stereocenters. The zero-order valence-electron chi connectivity index (χ0n) is 10.1. The van der Waals surface area contributed by atoms with E-state index in [-0.39, 0.29) is 11.6 Å². The van der Waals surface area contributed by atoms with Crippen LogP contribution in [0.2, 0.25) is 0 Å². The highest BCUT2D eigenvalue weighted by atomic mass is 19.4. The Morgan fingerprint density at radius 1 is 1.10 bits per heavy atom. The number of nitrogens with zero attached hydrogens (tertiary/aromatic N) is 3. The predicted octanol–water partition coefficient (Wildman–Crippen LogP) is 3.02. The van der Waals surface area contributed by atoms with Crippen molar-refractivity contribution < 1.29 is 13.2 Å². The molecule has 0 aliphatic rings. The van der Waals surface area contributed by atoms with Gasteiger partial charge in [0, 0.05) is 5.39 Å². The number of aromatic nitrogens is 3. The van der Waals surface area contributed by atoms with E-state index in [1.165, 1.54) is 4.68 Å². The van der Waals surface area contributed by atoms with Crippen molar-refractivity contribution in [3.63, 3.8) is 0 Å². The molecule has 0 fully saturated rings. The van der Waals surface area contributed by atoms with Crippen LogP contribution in [0.4, 0.5) is 19.0 Å². The lowest BCUT2D eigenvalue weighted by Gasteiger charge is -2.10. The zero-order chi connectivity index (χ0) is 14.3. The first-order valence-corrected chi connectivity index (χ1v) is 5.73. The number of hydrogen-bond donors (Lipinski definition) is 1. The highest BCUT2D eigenvalue weighted by Crippen LogP contribution is 2.31. The molecule has 0 saturated heterocycles. The third-order valence-electron chi connectivity index (χ3n) is 2.85. The number of pyridine rings is 1. The van der Waals surface area contributed by atoms with E-state index in [0.29, 0.717) is 5.52 Å². The largest absolute Gasteiger partial charge is 0.416 e. The quantitative estimate of drug-likeness (QED) is 0.744. The fraction of sp³-hybridized carbons (Fsp3) is 0.0769. The molecule has 0 radical (unpaired) electrons. The number of fused-ring (bicyclic) bond motifs is 1. The van der Waals surface area contributed by atoms with Gasteiger partial charge in [-0.2, -0.15) is 18.3 Å². The lowest BCUT2D eigenvalue weighted by Crippen LogP contribution is -2.10. The Bertz CT molecular complexity index is 777. The maximum absolute atomic E-state index is 12.8. The molecule has 102 valence electrons. The first kappa shape index (κ1) is 12.5. The average molecular weight is 278 g/mol. The number of para-hydroxylation sites is 1. The van der Waals surface area contributed by atoms with Gasteiger partial charge in [0.05, 0.1) is 17.3 Å². The van der Waals surface area contributed by atoms with Crippen molar-refractivity contribution in [3.05, 3.63) is 48.2 Å². The second-order valence-electron chi connectivity index (χ2n) is 4.25. The smallest absolute Gasteiger partial charge is 0.384 e. The van der Waals surface area contributed by atoms with Crippen LogP contribution in [0.15, 0.2) is 42.6 Å². The Morgan fingerprint density at radius 2 is 1.85 bits per heavy atom. The van der Waals surface area contributed by atoms with Gasteiger partial charge in [-0.05, 0) is 18.2 Å². The SMILES string of the molecule is Nc1cc(C(F)(F)F)cc(-n2ncc3ccccc32)n1. The molecule has 0 bridgehead atoms. The summed E-state index contributed by atoms with van der Waals surface area (Å²) in [5, 5.41) is 4.87. The van der Waals surface area contributed by atoms with Crippen molar-refractivity contribution in [1.29, 1.82) is 0 Å². The highest BCUT2D eigenvalue weighted by Gasteiger charge is 2.31. The van der Waals surface area contributed by atoms with Crippen molar-refractivity contribution in [1.82, 2.24) is 14.8 Å². The van der Waals surface area contributed by atoms with Crippen LogP contribution >= 0.6 is 0 Å². The number of benzene rings is 1. The van der Waals surface area contributed by atoms with E-state index in [0.717, 1.165) is 17.5 Å². The lowest BCUT2D eigenvalue weighted by molar-refractivity contribution is -0.137. The molecule has 3 aromatic rings. The van der Waals surface area contributed by atoms with E-state index >= 15 is 0 Å². The monoisotopic (exact) mass is 278 g/mol. The molecule has 0 saturated carbocycles. The summed E-state index contributed by atoms with van der Waals surface area (Å²) in [6, 6.07) is 8.89. The van der Waals surface area contributed by atoms with Gasteiger partial charge in [0.25, 0.3) is 0 Å². The van der Waals surface area contributed by atoms with Crippen LogP contribution in [-0.2, 0) is 6.18 Å². The molecule has 2 N–H and O–H groups in total. The van der Waals surface area contributed by atoms with Crippen molar-refractivity contribution in [2.24, 2.45) is 0 Å². The number of rotatable bonds is 1. The molecule has 0 spiro atoms. The van der Waals surface area contributed by atoms with Crippen LogP contribution < -0.4 is 5.73 Å². The number of hydrogen-bond acceptors (Lipinski definition) is 3. The number of nitrogen functional groups attached to an aromatic ring is 1. The molecule has 3 rings (SSSR count). The van der Waals surface area contributed by atoms with Crippen LogP contribution in [0.1, 0.15) is 5.56 Å². The summed E-state index contributed by atoms with van der Waals surface area (Å²) in [7, 11) is 0. The van der Waals surface area contributed by atoms with Gasteiger partial charge in [0.2, 0.25) is 0 Å². The van der Waals surface area contributed by atoms with Crippen LogP contribution in [0.25, 0.3) is 16.7 Å². The fourth-order valence-corrected chi connectivity index (χ4v) is 1.96. The van der Waals surface area contributed by atoms with E-state index < -0.39 is 11.7 Å². The maximum atomic E-state index is 12.8. The summed E-state index contributed by atoms with van der Waals surface area (Å²) in [6.07, 6.45) is -2.91.